The zero-order valence-corrected chi connectivity index (χ0v) is 43.2. The number of ether oxygens (including phenoxy) is 2. The number of amides is 1. The van der Waals surface area contributed by atoms with Crippen molar-refractivity contribution in [3.05, 3.63) is 57.9 Å². The molecule has 3 aromatic rings. The van der Waals surface area contributed by atoms with Gasteiger partial charge in [0.05, 0.1) is 68.3 Å². The van der Waals surface area contributed by atoms with Gasteiger partial charge in [0.25, 0.3) is 11.5 Å². The molecule has 1 aliphatic rings. The molecule has 1 aromatic heterocycles. The van der Waals surface area contributed by atoms with Gasteiger partial charge in [-0.2, -0.15) is 13.7 Å². The standard InChI is InChI=1S/C23H22N4O16S4.4K/c1-3-38-20-14(22(28)26(24-20)16-9-12(46(32,33)34)5-7-18(16)44-42-40-30)11-15-21(39-4-2)25-27(23(15)29)17-10-13(47(35,36)37)6-8-19(17)45-43-41-31;;;;/h5-11,24,30-31H,3-4H2,1-2H3,(H,32,33,34)(H,35,36,37);;;;/q;4*+1/p-4/b15-11-;;;;. The molecular weight excluding hydrogens is 873 g/mol. The van der Waals surface area contributed by atoms with Gasteiger partial charge in [0.1, 0.15) is 31.4 Å². The minimum atomic E-state index is -5.04. The third-order valence-corrected chi connectivity index (χ3v) is 8.76. The molecule has 0 saturated carbocycles. The van der Waals surface area contributed by atoms with Crippen molar-refractivity contribution in [3.8, 4) is 11.6 Å². The van der Waals surface area contributed by atoms with Crippen LogP contribution < -0.4 is 231 Å². The summed E-state index contributed by atoms with van der Waals surface area (Å²) < 4.78 is 90.6. The van der Waals surface area contributed by atoms with Crippen molar-refractivity contribution in [1.82, 2.24) is 9.78 Å². The Kier molecular flexibility index (Phi) is 26.0. The Balaban J connectivity index is 0.00000625. The summed E-state index contributed by atoms with van der Waals surface area (Å²) in [6.07, 6.45) is 0.994. The van der Waals surface area contributed by atoms with Crippen LogP contribution in [0.5, 0.6) is 5.88 Å². The van der Waals surface area contributed by atoms with Crippen LogP contribution in [-0.2, 0) is 48.5 Å². The van der Waals surface area contributed by atoms with Gasteiger partial charge < -0.3 is 29.1 Å². The van der Waals surface area contributed by atoms with E-state index in [1.807, 2.05) is 0 Å². The zero-order valence-electron chi connectivity index (χ0n) is 27.5. The van der Waals surface area contributed by atoms with Gasteiger partial charge in [-0.25, -0.2) is 21.5 Å². The average Bonchev–Trinajstić information content (AvgIpc) is 3.49. The summed E-state index contributed by atoms with van der Waals surface area (Å²) in [5.41, 5.74) is -2.40. The second-order valence-corrected chi connectivity index (χ2v) is 12.8. The quantitative estimate of drug-likeness (QED) is 0.0393. The Bertz CT molecular complexity index is 2030. The van der Waals surface area contributed by atoms with Gasteiger partial charge in [-0.05, 0) is 56.3 Å². The van der Waals surface area contributed by atoms with E-state index in [0.717, 1.165) is 47.2 Å². The van der Waals surface area contributed by atoms with Crippen LogP contribution in [0.2, 0.25) is 0 Å². The zero-order chi connectivity index (χ0) is 34.5. The number of rotatable bonds is 14. The van der Waals surface area contributed by atoms with Crippen molar-refractivity contribution in [1.29, 1.82) is 0 Å². The number of hydrogen-bond donors (Lipinski definition) is 1. The van der Waals surface area contributed by atoms with Gasteiger partial charge in [0.15, 0.2) is 0 Å². The Hall–Kier alpha value is 2.76. The predicted molar refractivity (Wildman–Crippen MR) is 151 cm³/mol. The molecule has 20 nitrogen and oxygen atoms in total. The summed E-state index contributed by atoms with van der Waals surface area (Å²) >= 11 is 0.531. The topological polar surface area (TPSA) is 286 Å². The van der Waals surface area contributed by atoms with Crippen molar-refractivity contribution < 1.29 is 275 Å². The predicted octanol–water partition coefficient (Wildman–Crippen LogP) is -12.4. The Morgan fingerprint density at radius 3 is 1.76 bits per heavy atom. The largest absolute Gasteiger partial charge is 1.00 e. The normalized spacial score (nSPS) is 13.5. The van der Waals surface area contributed by atoms with E-state index in [-0.39, 0.29) is 281 Å². The summed E-state index contributed by atoms with van der Waals surface area (Å²) in [4.78, 5) is 25.8. The van der Waals surface area contributed by atoms with Crippen molar-refractivity contribution in [2.45, 2.75) is 33.4 Å². The van der Waals surface area contributed by atoms with Crippen molar-refractivity contribution in [2.75, 3.05) is 18.2 Å². The molecular formula is C23H18K4N4O16S4. The van der Waals surface area contributed by atoms with Crippen LogP contribution in [0.15, 0.2) is 71.4 Å². The number of hydrazone groups is 1. The minimum absolute atomic E-state index is 0. The van der Waals surface area contributed by atoms with Crippen molar-refractivity contribution in [2.24, 2.45) is 5.10 Å². The van der Waals surface area contributed by atoms with Crippen LogP contribution in [0.25, 0.3) is 11.8 Å². The first-order valence-corrected chi connectivity index (χ1v) is 16.8. The molecule has 4 rings (SSSR count). The summed E-state index contributed by atoms with van der Waals surface area (Å²) in [6, 6.07) is 5.47. The number of anilines is 1. The molecule has 0 spiro atoms. The first kappa shape index (κ1) is 53.8. The van der Waals surface area contributed by atoms with Crippen LogP contribution in [0.1, 0.15) is 19.4 Å². The number of aromatic amines is 1. The summed E-state index contributed by atoms with van der Waals surface area (Å²) in [7, 11) is -10.1. The SMILES string of the molecule is CCOC1=NN(c2cc(S(=O)(=O)[O-])ccc2SOO[O-])C(=O)/C1=C\c1c(OCC)[nH]n(-c2cc(S(=O)(=O)[O-])ccc2SOO[O-])c1=O.[K+].[K+].[K+].[K+]. The van der Waals surface area contributed by atoms with E-state index in [4.69, 9.17) is 9.47 Å². The smallest absolute Gasteiger partial charge is 0.744 e. The van der Waals surface area contributed by atoms with Crippen LogP contribution in [0.4, 0.5) is 5.69 Å². The number of hydrogen-bond acceptors (Lipinski definition) is 19. The number of nitrogens with zero attached hydrogens (tertiary/aromatic N) is 3. The van der Waals surface area contributed by atoms with Gasteiger partial charge in [-0.15, -0.1) is 5.10 Å². The van der Waals surface area contributed by atoms with E-state index in [9.17, 15) is 46.0 Å². The molecule has 0 atom stereocenters. The fourth-order valence-electron chi connectivity index (χ4n) is 3.94. The van der Waals surface area contributed by atoms with Crippen LogP contribution in [0.3, 0.4) is 0 Å². The summed E-state index contributed by atoms with van der Waals surface area (Å²) in [6.45, 7) is 3.00. The monoisotopic (exact) mass is 890 g/mol. The van der Waals surface area contributed by atoms with Gasteiger partial charge in [-0.3, -0.25) is 24.8 Å². The van der Waals surface area contributed by atoms with E-state index in [1.54, 1.807) is 6.92 Å². The second-order valence-electron chi connectivity index (χ2n) is 8.55. The van der Waals surface area contributed by atoms with Gasteiger partial charge in [-0.1, -0.05) is 0 Å². The fourth-order valence-corrected chi connectivity index (χ4v) is 5.84. The molecule has 28 heteroatoms. The maximum Gasteiger partial charge on any atom is 1.00 e. The van der Waals surface area contributed by atoms with Crippen LogP contribution >= 0.6 is 24.1 Å². The first-order valence-electron chi connectivity index (χ1n) is 12.5. The number of aromatic nitrogens is 2. The molecule has 0 fully saturated rings. The number of nitrogens with one attached hydrogen (secondary N) is 1. The number of benzene rings is 2. The maximum atomic E-state index is 13.8. The molecule has 1 N–H and O–H groups in total. The molecule has 1 aliphatic heterocycles. The number of carbonyl (C=O) groups is 1. The van der Waals surface area contributed by atoms with Crippen LogP contribution in [-0.4, -0.2) is 60.7 Å². The molecule has 0 bridgehead atoms. The molecule has 0 radical (unpaired) electrons. The second kappa shape index (κ2) is 24.6. The van der Waals surface area contributed by atoms with E-state index in [2.05, 4.69) is 28.9 Å². The van der Waals surface area contributed by atoms with Gasteiger partial charge in [0, 0.05) is 0 Å². The Morgan fingerprint density at radius 2 is 1.29 bits per heavy atom. The summed E-state index contributed by atoms with van der Waals surface area (Å²) in [5.74, 6) is -1.67. The Labute approximate surface area is 468 Å². The molecule has 1 amide bonds. The number of H-pyrrole nitrogens is 1. The third kappa shape index (κ3) is 13.9. The Morgan fingerprint density at radius 1 is 0.804 bits per heavy atom. The van der Waals surface area contributed by atoms with Gasteiger partial charge >= 0.3 is 206 Å². The third-order valence-electron chi connectivity index (χ3n) is 5.80. The average molecular weight is 891 g/mol. The molecule has 0 saturated heterocycles. The summed E-state index contributed by atoms with van der Waals surface area (Å²) in [5, 5.41) is 34.8. The molecule has 0 aliphatic carbocycles. The van der Waals surface area contributed by atoms with Crippen molar-refractivity contribution >= 4 is 67.9 Å². The molecule has 2 heterocycles. The minimum Gasteiger partial charge on any atom is -0.744 e. The van der Waals surface area contributed by atoms with E-state index < -0.39 is 47.1 Å². The van der Waals surface area contributed by atoms with Crippen molar-refractivity contribution in [3.63, 3.8) is 0 Å². The maximum absolute atomic E-state index is 13.8. The number of carbonyl (C=O) groups excluding carboxylic acids is 1. The fraction of sp³-hybridized carbons (Fsp3) is 0.174. The van der Waals surface area contributed by atoms with Crippen LogP contribution in [0, 0.1) is 0 Å². The van der Waals surface area contributed by atoms with E-state index in [1.165, 1.54) is 6.92 Å². The molecule has 51 heavy (non-hydrogen) atoms. The van der Waals surface area contributed by atoms with Gasteiger partial charge in [0.2, 0.25) is 11.8 Å². The molecule has 2 aromatic carbocycles. The van der Waals surface area contributed by atoms with E-state index >= 15 is 0 Å². The van der Waals surface area contributed by atoms with E-state index in [0.29, 0.717) is 5.01 Å². The molecule has 0 unspecified atom stereocenters. The molecule has 254 valence electrons. The first-order chi connectivity index (χ1) is 22.2.